The summed E-state index contributed by atoms with van der Waals surface area (Å²) in [6, 6.07) is 5.86. The highest BCUT2D eigenvalue weighted by atomic mass is 16.4. The molecule has 0 amide bonds. The first kappa shape index (κ1) is 12.4. The van der Waals surface area contributed by atoms with Crippen LogP contribution in [-0.4, -0.2) is 36.6 Å². The van der Waals surface area contributed by atoms with Crippen molar-refractivity contribution in [3.05, 3.63) is 34.3 Å². The molecule has 0 aliphatic carbocycles. The maximum Gasteiger partial charge on any atom is 0.417 e. The molecule has 5 nitrogen and oxygen atoms in total. The Labute approximate surface area is 111 Å². The average molecular weight is 261 g/mol. The fourth-order valence-corrected chi connectivity index (χ4v) is 2.78. The summed E-state index contributed by atoms with van der Waals surface area (Å²) in [5.41, 5.74) is 2.59. The van der Waals surface area contributed by atoms with Crippen LogP contribution in [0.3, 0.4) is 0 Å². The van der Waals surface area contributed by atoms with Crippen LogP contribution in [0.1, 0.15) is 12.0 Å². The Morgan fingerprint density at radius 3 is 3.16 bits per heavy atom. The van der Waals surface area contributed by atoms with Crippen molar-refractivity contribution in [3.8, 4) is 0 Å². The first-order valence-electron chi connectivity index (χ1n) is 6.72. The lowest BCUT2D eigenvalue weighted by molar-refractivity contribution is 0.278. The Kier molecular flexibility index (Phi) is 3.40. The minimum atomic E-state index is -0.391. The Bertz CT molecular complexity index is 610. The zero-order valence-corrected chi connectivity index (χ0v) is 11.1. The third-order valence-corrected chi connectivity index (χ3v) is 3.67. The summed E-state index contributed by atoms with van der Waals surface area (Å²) in [5, 5.41) is 3.39. The molecule has 0 saturated carbocycles. The number of benzene rings is 1. The van der Waals surface area contributed by atoms with Gasteiger partial charge in [0.15, 0.2) is 5.58 Å². The van der Waals surface area contributed by atoms with Gasteiger partial charge >= 0.3 is 5.76 Å². The Hall–Kier alpha value is -1.59. The zero-order valence-electron chi connectivity index (χ0n) is 11.1. The monoisotopic (exact) mass is 261 g/mol. The van der Waals surface area contributed by atoms with Crippen LogP contribution < -0.4 is 11.1 Å². The maximum atomic E-state index is 11.1. The SMILES string of the molecule is CN(Cc1ccc2oc(=O)[nH]c2c1)CC1CCNC1. The number of aromatic amines is 1. The third-order valence-electron chi connectivity index (χ3n) is 3.67. The van der Waals surface area contributed by atoms with Crippen LogP contribution in [0, 0.1) is 5.92 Å². The van der Waals surface area contributed by atoms with E-state index in [1.165, 1.54) is 12.0 Å². The van der Waals surface area contributed by atoms with Crippen LogP contribution >= 0.6 is 0 Å². The van der Waals surface area contributed by atoms with Gasteiger partial charge in [-0.1, -0.05) is 6.07 Å². The number of aromatic nitrogens is 1. The smallest absolute Gasteiger partial charge is 0.408 e. The van der Waals surface area contributed by atoms with Gasteiger partial charge in [-0.25, -0.2) is 4.79 Å². The molecule has 1 aliphatic heterocycles. The van der Waals surface area contributed by atoms with Gasteiger partial charge in [-0.15, -0.1) is 0 Å². The fraction of sp³-hybridized carbons (Fsp3) is 0.500. The molecule has 0 radical (unpaired) electrons. The van der Waals surface area contributed by atoms with E-state index in [1.54, 1.807) is 0 Å². The summed E-state index contributed by atoms with van der Waals surface area (Å²) in [4.78, 5) is 16.1. The number of fused-ring (bicyclic) bond motifs is 1. The Balaban J connectivity index is 1.67. The molecule has 1 aromatic carbocycles. The van der Waals surface area contributed by atoms with Gasteiger partial charge in [0.05, 0.1) is 5.52 Å². The molecule has 1 fully saturated rings. The molecule has 2 N–H and O–H groups in total. The van der Waals surface area contributed by atoms with E-state index >= 15 is 0 Å². The molecule has 1 unspecified atom stereocenters. The van der Waals surface area contributed by atoms with Crippen LogP contribution in [-0.2, 0) is 6.54 Å². The van der Waals surface area contributed by atoms with E-state index in [4.69, 9.17) is 4.42 Å². The van der Waals surface area contributed by atoms with E-state index in [-0.39, 0.29) is 0 Å². The van der Waals surface area contributed by atoms with Crippen molar-refractivity contribution in [2.45, 2.75) is 13.0 Å². The van der Waals surface area contributed by atoms with Crippen molar-refractivity contribution in [1.82, 2.24) is 15.2 Å². The summed E-state index contributed by atoms with van der Waals surface area (Å²) in [5.74, 6) is 0.361. The number of H-pyrrole nitrogens is 1. The lowest BCUT2D eigenvalue weighted by Gasteiger charge is -2.20. The minimum Gasteiger partial charge on any atom is -0.408 e. The lowest BCUT2D eigenvalue weighted by atomic mass is 10.1. The molecule has 2 aromatic rings. The van der Waals surface area contributed by atoms with Gasteiger partial charge in [0, 0.05) is 13.1 Å². The van der Waals surface area contributed by atoms with Gasteiger partial charge in [0.25, 0.3) is 0 Å². The lowest BCUT2D eigenvalue weighted by Crippen LogP contribution is -2.26. The number of hydrogen-bond acceptors (Lipinski definition) is 4. The molecule has 1 atom stereocenters. The summed E-state index contributed by atoms with van der Waals surface area (Å²) in [6.45, 7) is 4.26. The van der Waals surface area contributed by atoms with Gasteiger partial charge in [-0.3, -0.25) is 4.98 Å². The second-order valence-corrected chi connectivity index (χ2v) is 5.40. The number of oxazole rings is 1. The predicted octanol–water partition coefficient (Wildman–Crippen LogP) is 1.16. The van der Waals surface area contributed by atoms with Crippen molar-refractivity contribution < 1.29 is 4.42 Å². The van der Waals surface area contributed by atoms with Crippen molar-refractivity contribution in [3.63, 3.8) is 0 Å². The molecule has 3 rings (SSSR count). The number of nitrogens with one attached hydrogen (secondary N) is 2. The normalized spacial score (nSPS) is 19.6. The molecule has 0 bridgehead atoms. The van der Waals surface area contributed by atoms with Gasteiger partial charge in [-0.2, -0.15) is 0 Å². The standard InChI is InChI=1S/C14H19N3O2/c1-17(9-11-4-5-15-7-11)8-10-2-3-13-12(6-10)16-14(18)19-13/h2-3,6,11,15H,4-5,7-9H2,1H3,(H,16,18). The van der Waals surface area contributed by atoms with E-state index in [0.29, 0.717) is 5.58 Å². The zero-order chi connectivity index (χ0) is 13.2. The highest BCUT2D eigenvalue weighted by molar-refractivity contribution is 5.72. The summed E-state index contributed by atoms with van der Waals surface area (Å²) < 4.78 is 5.00. The predicted molar refractivity (Wildman–Crippen MR) is 74.1 cm³/mol. The largest absolute Gasteiger partial charge is 0.417 e. The van der Waals surface area contributed by atoms with Gasteiger partial charge in [-0.05, 0) is 50.2 Å². The first-order chi connectivity index (χ1) is 9.20. The first-order valence-corrected chi connectivity index (χ1v) is 6.72. The molecule has 19 heavy (non-hydrogen) atoms. The van der Waals surface area contributed by atoms with Crippen molar-refractivity contribution >= 4 is 11.1 Å². The second kappa shape index (κ2) is 5.19. The van der Waals surface area contributed by atoms with Gasteiger partial charge in [0.2, 0.25) is 0 Å². The fourth-order valence-electron chi connectivity index (χ4n) is 2.78. The molecular weight excluding hydrogens is 242 g/mol. The number of rotatable bonds is 4. The Morgan fingerprint density at radius 1 is 1.47 bits per heavy atom. The van der Waals surface area contributed by atoms with E-state index in [0.717, 1.165) is 37.6 Å². The molecule has 1 aromatic heterocycles. The summed E-state index contributed by atoms with van der Waals surface area (Å²) >= 11 is 0. The average Bonchev–Trinajstić information content (AvgIpc) is 2.96. The van der Waals surface area contributed by atoms with Crippen LogP contribution in [0.15, 0.2) is 27.4 Å². The van der Waals surface area contributed by atoms with Crippen molar-refractivity contribution in [2.24, 2.45) is 5.92 Å². The van der Waals surface area contributed by atoms with Crippen LogP contribution in [0.2, 0.25) is 0 Å². The highest BCUT2D eigenvalue weighted by Gasteiger charge is 2.16. The van der Waals surface area contributed by atoms with Crippen LogP contribution in [0.4, 0.5) is 0 Å². The molecule has 5 heteroatoms. The maximum absolute atomic E-state index is 11.1. The van der Waals surface area contributed by atoms with Crippen LogP contribution in [0.5, 0.6) is 0 Å². The van der Waals surface area contributed by atoms with E-state index < -0.39 is 5.76 Å². The van der Waals surface area contributed by atoms with Crippen molar-refractivity contribution in [1.29, 1.82) is 0 Å². The summed E-state index contributed by atoms with van der Waals surface area (Å²) in [6.07, 6.45) is 1.26. The molecule has 0 spiro atoms. The second-order valence-electron chi connectivity index (χ2n) is 5.40. The molecular formula is C14H19N3O2. The summed E-state index contributed by atoms with van der Waals surface area (Å²) in [7, 11) is 2.14. The quantitative estimate of drug-likeness (QED) is 0.867. The van der Waals surface area contributed by atoms with Crippen LogP contribution in [0.25, 0.3) is 11.1 Å². The molecule has 102 valence electrons. The van der Waals surface area contributed by atoms with Gasteiger partial charge in [0.1, 0.15) is 0 Å². The molecule has 2 heterocycles. The minimum absolute atomic E-state index is 0.391. The van der Waals surface area contributed by atoms with E-state index in [2.05, 4.69) is 22.2 Å². The van der Waals surface area contributed by atoms with Gasteiger partial charge < -0.3 is 14.6 Å². The topological polar surface area (TPSA) is 61.3 Å². The number of hydrogen-bond donors (Lipinski definition) is 2. The molecule has 1 aliphatic rings. The number of nitrogens with zero attached hydrogens (tertiary/aromatic N) is 1. The van der Waals surface area contributed by atoms with E-state index in [1.807, 2.05) is 18.2 Å². The molecule has 1 saturated heterocycles. The van der Waals surface area contributed by atoms with Crippen molar-refractivity contribution in [2.75, 3.05) is 26.7 Å². The highest BCUT2D eigenvalue weighted by Crippen LogP contribution is 2.15. The Morgan fingerprint density at radius 2 is 2.37 bits per heavy atom. The van der Waals surface area contributed by atoms with E-state index in [9.17, 15) is 4.79 Å². The third kappa shape index (κ3) is 2.88.